The Balaban J connectivity index is 2.14. The third kappa shape index (κ3) is 2.72. The molecule has 1 saturated heterocycles. The van der Waals surface area contributed by atoms with Crippen LogP contribution in [0.2, 0.25) is 0 Å². The summed E-state index contributed by atoms with van der Waals surface area (Å²) in [5, 5.41) is 19.9. The first kappa shape index (κ1) is 14.3. The minimum absolute atomic E-state index is 0.109. The zero-order chi connectivity index (χ0) is 14.9. The molecule has 0 radical (unpaired) electrons. The normalized spacial score (nSPS) is 22.5. The Morgan fingerprint density at radius 1 is 1.30 bits per heavy atom. The van der Waals surface area contributed by atoms with Gasteiger partial charge in [0.2, 0.25) is 0 Å². The van der Waals surface area contributed by atoms with E-state index in [2.05, 4.69) is 4.98 Å². The van der Waals surface area contributed by atoms with Gasteiger partial charge in [-0.05, 0) is 6.42 Å². The largest absolute Gasteiger partial charge is 0.481 e. The summed E-state index contributed by atoms with van der Waals surface area (Å²) in [5.74, 6) is -4.87. The molecule has 2 unspecified atom stereocenters. The van der Waals surface area contributed by atoms with Crippen LogP contribution in [0.25, 0.3) is 0 Å². The summed E-state index contributed by atoms with van der Waals surface area (Å²) >= 11 is 1.12. The van der Waals surface area contributed by atoms with E-state index in [1.165, 1.54) is 10.3 Å². The molecular formula is C11H13N3O5S. The number of hydrogen-bond donors (Lipinski definition) is 3. The average Bonchev–Trinajstić information content (AvgIpc) is 2.83. The molecule has 2 heterocycles. The van der Waals surface area contributed by atoms with Gasteiger partial charge in [0.1, 0.15) is 5.69 Å². The maximum atomic E-state index is 12.1. The number of hydrogen-bond acceptors (Lipinski definition) is 6. The number of nitrogens with two attached hydrogens (primary N) is 1. The number of aromatic nitrogens is 1. The number of likely N-dealkylation sites (tertiary alicyclic amines) is 1. The number of aliphatic carboxylic acids is 2. The number of carboxylic acids is 2. The van der Waals surface area contributed by atoms with Gasteiger partial charge in [0, 0.05) is 18.5 Å². The Morgan fingerprint density at radius 3 is 2.45 bits per heavy atom. The highest BCUT2D eigenvalue weighted by Gasteiger charge is 2.40. The molecule has 0 saturated carbocycles. The first-order chi connectivity index (χ1) is 9.40. The highest BCUT2D eigenvalue weighted by atomic mass is 32.1. The quantitative estimate of drug-likeness (QED) is 0.713. The van der Waals surface area contributed by atoms with Gasteiger partial charge in [-0.2, -0.15) is 0 Å². The standard InChI is InChI=1S/C11H13N3O5S/c12-11-13-7(4-20-11)8(15)14-2-1-5(9(16)17)6(3-14)10(18)19/h4-6H,1-3H2,(H2,12,13)(H,16,17)(H,18,19). The number of thiazole rings is 1. The maximum Gasteiger partial charge on any atom is 0.309 e. The number of amides is 1. The fraction of sp³-hybridized carbons (Fsp3) is 0.455. The van der Waals surface area contributed by atoms with Gasteiger partial charge in [-0.15, -0.1) is 11.3 Å². The van der Waals surface area contributed by atoms with Gasteiger partial charge in [0.15, 0.2) is 5.13 Å². The van der Waals surface area contributed by atoms with E-state index in [1.807, 2.05) is 0 Å². The number of carbonyl (C=O) groups excluding carboxylic acids is 1. The van der Waals surface area contributed by atoms with Crippen molar-refractivity contribution in [2.75, 3.05) is 18.8 Å². The van der Waals surface area contributed by atoms with Crippen molar-refractivity contribution in [3.05, 3.63) is 11.1 Å². The van der Waals surface area contributed by atoms with Crippen LogP contribution in [0.15, 0.2) is 5.38 Å². The number of carbonyl (C=O) groups is 3. The van der Waals surface area contributed by atoms with E-state index in [9.17, 15) is 14.4 Å². The van der Waals surface area contributed by atoms with Gasteiger partial charge in [-0.3, -0.25) is 14.4 Å². The molecule has 1 aliphatic rings. The molecule has 9 heteroatoms. The van der Waals surface area contributed by atoms with Crippen LogP contribution in [-0.2, 0) is 9.59 Å². The Kier molecular flexibility index (Phi) is 3.89. The molecule has 1 aliphatic heterocycles. The van der Waals surface area contributed by atoms with E-state index in [-0.39, 0.29) is 30.3 Å². The van der Waals surface area contributed by atoms with Crippen LogP contribution in [0.5, 0.6) is 0 Å². The van der Waals surface area contributed by atoms with Gasteiger partial charge in [0.25, 0.3) is 5.91 Å². The molecular weight excluding hydrogens is 286 g/mol. The van der Waals surface area contributed by atoms with Crippen LogP contribution >= 0.6 is 11.3 Å². The summed E-state index contributed by atoms with van der Waals surface area (Å²) in [6.45, 7) is 0.0551. The predicted molar refractivity (Wildman–Crippen MR) is 69.3 cm³/mol. The number of carboxylic acid groups (broad SMARTS) is 2. The van der Waals surface area contributed by atoms with Crippen LogP contribution in [-0.4, -0.2) is 51.0 Å². The van der Waals surface area contributed by atoms with Crippen molar-refractivity contribution in [2.24, 2.45) is 11.8 Å². The summed E-state index contributed by atoms with van der Waals surface area (Å²) < 4.78 is 0. The molecule has 0 bridgehead atoms. The molecule has 8 nitrogen and oxygen atoms in total. The lowest BCUT2D eigenvalue weighted by Crippen LogP contribution is -2.48. The van der Waals surface area contributed by atoms with Crippen molar-refractivity contribution in [3.63, 3.8) is 0 Å². The van der Waals surface area contributed by atoms with E-state index in [4.69, 9.17) is 15.9 Å². The van der Waals surface area contributed by atoms with E-state index in [1.54, 1.807) is 0 Å². The van der Waals surface area contributed by atoms with E-state index in [0.717, 1.165) is 11.3 Å². The van der Waals surface area contributed by atoms with Crippen molar-refractivity contribution < 1.29 is 24.6 Å². The molecule has 1 aromatic rings. The monoisotopic (exact) mass is 299 g/mol. The molecule has 0 aromatic carbocycles. The summed E-state index contributed by atoms with van der Waals surface area (Å²) in [6.07, 6.45) is 0.109. The zero-order valence-electron chi connectivity index (χ0n) is 10.4. The smallest absolute Gasteiger partial charge is 0.309 e. The number of nitrogens with zero attached hydrogens (tertiary/aromatic N) is 2. The summed E-state index contributed by atoms with van der Waals surface area (Å²) in [7, 11) is 0. The Labute approximate surface area is 117 Å². The minimum atomic E-state index is -1.22. The first-order valence-electron chi connectivity index (χ1n) is 5.86. The third-order valence-electron chi connectivity index (χ3n) is 3.28. The molecule has 2 rings (SSSR count). The molecule has 1 fully saturated rings. The van der Waals surface area contributed by atoms with Gasteiger partial charge >= 0.3 is 11.9 Å². The highest BCUT2D eigenvalue weighted by molar-refractivity contribution is 7.13. The second kappa shape index (κ2) is 5.45. The first-order valence-corrected chi connectivity index (χ1v) is 6.74. The van der Waals surface area contributed by atoms with Gasteiger partial charge in [-0.25, -0.2) is 4.98 Å². The fourth-order valence-corrected chi connectivity index (χ4v) is 2.77. The Morgan fingerprint density at radius 2 is 1.95 bits per heavy atom. The number of anilines is 1. The minimum Gasteiger partial charge on any atom is -0.481 e. The van der Waals surface area contributed by atoms with Crippen molar-refractivity contribution in [1.29, 1.82) is 0 Å². The van der Waals surface area contributed by atoms with E-state index < -0.39 is 29.7 Å². The maximum absolute atomic E-state index is 12.1. The van der Waals surface area contributed by atoms with Crippen LogP contribution in [0.3, 0.4) is 0 Å². The van der Waals surface area contributed by atoms with Crippen LogP contribution in [0.1, 0.15) is 16.9 Å². The van der Waals surface area contributed by atoms with Gasteiger partial charge in [-0.1, -0.05) is 0 Å². The molecule has 20 heavy (non-hydrogen) atoms. The topological polar surface area (TPSA) is 134 Å². The summed E-state index contributed by atoms with van der Waals surface area (Å²) in [5.41, 5.74) is 5.61. The third-order valence-corrected chi connectivity index (χ3v) is 3.95. The highest BCUT2D eigenvalue weighted by Crippen LogP contribution is 2.26. The zero-order valence-corrected chi connectivity index (χ0v) is 11.2. The number of piperidine rings is 1. The van der Waals surface area contributed by atoms with Crippen LogP contribution < -0.4 is 5.73 Å². The van der Waals surface area contributed by atoms with Crippen LogP contribution in [0, 0.1) is 11.8 Å². The second-order valence-electron chi connectivity index (χ2n) is 4.50. The summed E-state index contributed by atoms with van der Waals surface area (Å²) in [4.78, 5) is 39.5. The molecule has 0 aliphatic carbocycles. The number of nitrogen functional groups attached to an aromatic ring is 1. The molecule has 4 N–H and O–H groups in total. The van der Waals surface area contributed by atoms with Crippen molar-refractivity contribution in [3.8, 4) is 0 Å². The van der Waals surface area contributed by atoms with Gasteiger partial charge in [0.05, 0.1) is 11.8 Å². The molecule has 1 aromatic heterocycles. The second-order valence-corrected chi connectivity index (χ2v) is 5.39. The van der Waals surface area contributed by atoms with Crippen LogP contribution in [0.4, 0.5) is 5.13 Å². The van der Waals surface area contributed by atoms with E-state index in [0.29, 0.717) is 0 Å². The van der Waals surface area contributed by atoms with E-state index >= 15 is 0 Å². The van der Waals surface area contributed by atoms with Gasteiger partial charge < -0.3 is 20.8 Å². The molecule has 108 valence electrons. The number of rotatable bonds is 3. The molecule has 0 spiro atoms. The SMILES string of the molecule is Nc1nc(C(=O)N2CCC(C(=O)O)C(C(=O)O)C2)cs1. The fourth-order valence-electron chi connectivity index (χ4n) is 2.23. The summed E-state index contributed by atoms with van der Waals surface area (Å²) in [6, 6.07) is 0. The lowest BCUT2D eigenvalue weighted by atomic mass is 9.85. The predicted octanol–water partition coefficient (Wildman–Crippen LogP) is -0.0272. The Hall–Kier alpha value is -2.16. The van der Waals surface area contributed by atoms with Crippen molar-refractivity contribution in [2.45, 2.75) is 6.42 Å². The average molecular weight is 299 g/mol. The molecule has 1 amide bonds. The lowest BCUT2D eigenvalue weighted by molar-refractivity contribution is -0.156. The van der Waals surface area contributed by atoms with Crippen molar-refractivity contribution >= 4 is 34.3 Å². The Bertz CT molecular complexity index is 558. The molecule has 2 atom stereocenters. The van der Waals surface area contributed by atoms with Crippen molar-refractivity contribution in [1.82, 2.24) is 9.88 Å². The lowest BCUT2D eigenvalue weighted by Gasteiger charge is -2.34.